The molecule has 2 rings (SSSR count). The van der Waals surface area contributed by atoms with Gasteiger partial charge in [-0.3, -0.25) is 4.79 Å². The van der Waals surface area contributed by atoms with E-state index in [2.05, 4.69) is 14.7 Å². The van der Waals surface area contributed by atoms with Crippen molar-refractivity contribution in [3.63, 3.8) is 0 Å². The van der Waals surface area contributed by atoms with E-state index in [0.717, 1.165) is 11.3 Å². The molecule has 0 bridgehead atoms. The number of ether oxygens (including phenoxy) is 1. The number of hydrogen-bond acceptors (Lipinski definition) is 5. The fraction of sp³-hybridized carbons (Fsp3) is 0.214. The van der Waals surface area contributed by atoms with Crippen LogP contribution in [0.15, 0.2) is 41.7 Å². The quantitative estimate of drug-likeness (QED) is 0.492. The number of hydrogen-bond donors (Lipinski definition) is 0. The molecule has 0 saturated carbocycles. The molecule has 1 heterocycles. The first-order chi connectivity index (χ1) is 9.60. The van der Waals surface area contributed by atoms with E-state index >= 15 is 0 Å². The number of thioether (sulfide) groups is 1. The van der Waals surface area contributed by atoms with Crippen LogP contribution in [0.1, 0.15) is 6.92 Å². The SMILES string of the molecule is COC(=O)[C@H](C)Sc1nccc(-c2ccc(Cl)cc2)n1. The summed E-state index contributed by atoms with van der Waals surface area (Å²) in [5.41, 5.74) is 1.74. The van der Waals surface area contributed by atoms with Gasteiger partial charge >= 0.3 is 5.97 Å². The summed E-state index contributed by atoms with van der Waals surface area (Å²) < 4.78 is 4.68. The maximum absolute atomic E-state index is 11.4. The summed E-state index contributed by atoms with van der Waals surface area (Å²) in [6.45, 7) is 1.76. The highest BCUT2D eigenvalue weighted by Crippen LogP contribution is 2.24. The average molecular weight is 309 g/mol. The van der Waals surface area contributed by atoms with Crippen molar-refractivity contribution in [2.24, 2.45) is 0 Å². The second kappa shape index (κ2) is 6.72. The second-order valence-electron chi connectivity index (χ2n) is 4.01. The van der Waals surface area contributed by atoms with E-state index in [-0.39, 0.29) is 11.2 Å². The van der Waals surface area contributed by atoms with Gasteiger partial charge in [0.15, 0.2) is 5.16 Å². The van der Waals surface area contributed by atoms with Crippen LogP contribution in [0.5, 0.6) is 0 Å². The Morgan fingerprint density at radius 3 is 2.65 bits per heavy atom. The number of benzene rings is 1. The number of methoxy groups -OCH3 is 1. The zero-order valence-corrected chi connectivity index (χ0v) is 12.6. The summed E-state index contributed by atoms with van der Waals surface area (Å²) in [7, 11) is 1.37. The van der Waals surface area contributed by atoms with E-state index in [0.29, 0.717) is 10.2 Å². The van der Waals surface area contributed by atoms with E-state index in [1.54, 1.807) is 13.1 Å². The minimum Gasteiger partial charge on any atom is -0.468 e. The van der Waals surface area contributed by atoms with Gasteiger partial charge in [0, 0.05) is 16.8 Å². The van der Waals surface area contributed by atoms with Crippen molar-refractivity contribution >= 4 is 29.3 Å². The summed E-state index contributed by atoms with van der Waals surface area (Å²) >= 11 is 7.13. The van der Waals surface area contributed by atoms with Crippen LogP contribution in [0.3, 0.4) is 0 Å². The van der Waals surface area contributed by atoms with Gasteiger partial charge < -0.3 is 4.74 Å². The molecular formula is C14H13ClN2O2S. The highest BCUT2D eigenvalue weighted by Gasteiger charge is 2.16. The molecule has 0 aliphatic rings. The Labute approximate surface area is 126 Å². The number of carbonyl (C=O) groups excluding carboxylic acids is 1. The smallest absolute Gasteiger partial charge is 0.318 e. The number of carbonyl (C=O) groups is 1. The van der Waals surface area contributed by atoms with E-state index in [1.165, 1.54) is 18.9 Å². The van der Waals surface area contributed by atoms with Crippen molar-refractivity contribution in [1.82, 2.24) is 9.97 Å². The van der Waals surface area contributed by atoms with E-state index in [9.17, 15) is 4.79 Å². The molecule has 0 saturated heterocycles. The summed E-state index contributed by atoms with van der Waals surface area (Å²) in [5.74, 6) is -0.296. The van der Waals surface area contributed by atoms with E-state index in [4.69, 9.17) is 11.6 Å². The largest absolute Gasteiger partial charge is 0.468 e. The van der Waals surface area contributed by atoms with Gasteiger partial charge in [0.05, 0.1) is 12.8 Å². The topological polar surface area (TPSA) is 52.1 Å². The van der Waals surface area contributed by atoms with Crippen LogP contribution >= 0.6 is 23.4 Å². The maximum Gasteiger partial charge on any atom is 0.318 e. The van der Waals surface area contributed by atoms with Gasteiger partial charge in [-0.15, -0.1) is 0 Å². The molecule has 1 aromatic heterocycles. The lowest BCUT2D eigenvalue weighted by Gasteiger charge is -2.08. The van der Waals surface area contributed by atoms with Gasteiger partial charge in [0.25, 0.3) is 0 Å². The second-order valence-corrected chi connectivity index (χ2v) is 5.76. The van der Waals surface area contributed by atoms with Crippen LogP contribution in [-0.2, 0) is 9.53 Å². The highest BCUT2D eigenvalue weighted by atomic mass is 35.5. The standard InChI is InChI=1S/C14H13ClN2O2S/c1-9(13(18)19-2)20-14-16-8-7-12(17-14)10-3-5-11(15)6-4-10/h3-9H,1-2H3/t9-/m0/s1. The minimum absolute atomic E-state index is 0.296. The van der Waals surface area contributed by atoms with Gasteiger partial charge in [0.1, 0.15) is 5.25 Å². The first kappa shape index (κ1) is 14.8. The maximum atomic E-state index is 11.4. The third-order valence-corrected chi connectivity index (χ3v) is 3.79. The number of esters is 1. The van der Waals surface area contributed by atoms with Gasteiger partial charge in [-0.1, -0.05) is 35.5 Å². The van der Waals surface area contributed by atoms with Gasteiger partial charge in [0.2, 0.25) is 0 Å². The minimum atomic E-state index is -0.347. The van der Waals surface area contributed by atoms with Crippen molar-refractivity contribution in [2.45, 2.75) is 17.3 Å². The molecule has 0 unspecified atom stereocenters. The summed E-state index contributed by atoms with van der Waals surface area (Å²) in [6.07, 6.45) is 1.67. The molecular weight excluding hydrogens is 296 g/mol. The molecule has 1 aromatic carbocycles. The molecule has 0 spiro atoms. The number of aromatic nitrogens is 2. The van der Waals surface area contributed by atoms with Crippen LogP contribution in [0.2, 0.25) is 5.02 Å². The van der Waals surface area contributed by atoms with Crippen LogP contribution in [0.4, 0.5) is 0 Å². The summed E-state index contributed by atoms with van der Waals surface area (Å²) in [5, 5.41) is 0.868. The average Bonchev–Trinajstić information content (AvgIpc) is 2.47. The first-order valence-corrected chi connectivity index (χ1v) is 7.19. The third-order valence-electron chi connectivity index (χ3n) is 2.59. The first-order valence-electron chi connectivity index (χ1n) is 5.93. The Kier molecular flexibility index (Phi) is 4.98. The zero-order valence-electron chi connectivity index (χ0n) is 11.0. The van der Waals surface area contributed by atoms with Crippen molar-refractivity contribution in [3.05, 3.63) is 41.6 Å². The molecule has 6 heteroatoms. The zero-order chi connectivity index (χ0) is 14.5. The molecule has 4 nitrogen and oxygen atoms in total. The fourth-order valence-corrected chi connectivity index (χ4v) is 2.46. The van der Waals surface area contributed by atoms with Gasteiger partial charge in [-0.05, 0) is 25.1 Å². The van der Waals surface area contributed by atoms with Gasteiger partial charge in [-0.25, -0.2) is 9.97 Å². The van der Waals surface area contributed by atoms with Gasteiger partial charge in [-0.2, -0.15) is 0 Å². The number of halogens is 1. The van der Waals surface area contributed by atoms with Crippen molar-refractivity contribution < 1.29 is 9.53 Å². The molecule has 0 N–H and O–H groups in total. The lowest BCUT2D eigenvalue weighted by Crippen LogP contribution is -2.15. The number of rotatable bonds is 4. The molecule has 0 aliphatic carbocycles. The van der Waals surface area contributed by atoms with E-state index < -0.39 is 0 Å². The number of nitrogens with zero attached hydrogens (tertiary/aromatic N) is 2. The van der Waals surface area contributed by atoms with Crippen molar-refractivity contribution in [1.29, 1.82) is 0 Å². The molecule has 0 aliphatic heterocycles. The van der Waals surface area contributed by atoms with Crippen LogP contribution in [0, 0.1) is 0 Å². The molecule has 104 valence electrons. The van der Waals surface area contributed by atoms with Crippen LogP contribution in [0.25, 0.3) is 11.3 Å². The normalized spacial score (nSPS) is 11.9. The molecule has 1 atom stereocenters. The van der Waals surface area contributed by atoms with Crippen molar-refractivity contribution in [2.75, 3.05) is 7.11 Å². The predicted octanol–water partition coefficient (Wildman–Crippen LogP) is 3.45. The molecule has 0 radical (unpaired) electrons. The third kappa shape index (κ3) is 3.71. The summed E-state index contributed by atoms with van der Waals surface area (Å²) in [4.78, 5) is 20.0. The lowest BCUT2D eigenvalue weighted by atomic mass is 10.1. The predicted molar refractivity (Wildman–Crippen MR) is 79.8 cm³/mol. The highest BCUT2D eigenvalue weighted by molar-refractivity contribution is 8.00. The molecule has 20 heavy (non-hydrogen) atoms. The molecule has 0 fully saturated rings. The Morgan fingerprint density at radius 1 is 1.30 bits per heavy atom. The van der Waals surface area contributed by atoms with E-state index in [1.807, 2.05) is 30.3 Å². The monoisotopic (exact) mass is 308 g/mol. The fourth-order valence-electron chi connectivity index (χ4n) is 1.55. The lowest BCUT2D eigenvalue weighted by molar-refractivity contribution is -0.139. The summed E-state index contributed by atoms with van der Waals surface area (Å²) in [6, 6.07) is 9.22. The Morgan fingerprint density at radius 2 is 2.00 bits per heavy atom. The Bertz CT molecular complexity index is 604. The van der Waals surface area contributed by atoms with Crippen molar-refractivity contribution in [3.8, 4) is 11.3 Å². The Hall–Kier alpha value is -1.59. The molecule has 2 aromatic rings. The molecule has 0 amide bonds. The van der Waals surface area contributed by atoms with Crippen LogP contribution in [-0.4, -0.2) is 28.3 Å². The Balaban J connectivity index is 2.20. The van der Waals surface area contributed by atoms with Crippen LogP contribution < -0.4 is 0 Å².